The molecule has 0 amide bonds. The van der Waals surface area contributed by atoms with E-state index in [-0.39, 0.29) is 0 Å². The zero-order chi connectivity index (χ0) is 16.0. The second-order valence-corrected chi connectivity index (χ2v) is 9.01. The van der Waals surface area contributed by atoms with Crippen LogP contribution in [0.15, 0.2) is 35.5 Å². The molecule has 4 aliphatic carbocycles. The topological polar surface area (TPSA) is 0 Å². The molecule has 0 spiro atoms. The summed E-state index contributed by atoms with van der Waals surface area (Å²) in [5, 5.41) is 0. The van der Waals surface area contributed by atoms with Crippen LogP contribution in [0.5, 0.6) is 0 Å². The summed E-state index contributed by atoms with van der Waals surface area (Å²) in [7, 11) is 0. The smallest absolute Gasteiger partial charge is 0.00852 e. The van der Waals surface area contributed by atoms with E-state index in [1.54, 1.807) is 5.57 Å². The summed E-state index contributed by atoms with van der Waals surface area (Å²) < 4.78 is 0. The Balaban J connectivity index is 1.59. The van der Waals surface area contributed by atoms with Crippen LogP contribution >= 0.6 is 0 Å². The van der Waals surface area contributed by atoms with Crippen molar-refractivity contribution in [2.45, 2.75) is 78.1 Å². The molecule has 5 atom stereocenters. The molecule has 5 unspecified atom stereocenters. The molecule has 0 radical (unpaired) electrons. The maximum Gasteiger partial charge on any atom is -0.00852 e. The highest BCUT2D eigenvalue weighted by Crippen LogP contribution is 2.63. The maximum atomic E-state index is 4.23. The van der Waals surface area contributed by atoms with Gasteiger partial charge in [0.25, 0.3) is 0 Å². The fourth-order valence-electron chi connectivity index (χ4n) is 6.78. The highest BCUT2D eigenvalue weighted by atomic mass is 14.6. The van der Waals surface area contributed by atoms with Crippen LogP contribution in [0.3, 0.4) is 0 Å². The van der Waals surface area contributed by atoms with Gasteiger partial charge in [0.1, 0.15) is 0 Å². The third-order valence-corrected chi connectivity index (χ3v) is 7.95. The molecule has 0 N–H and O–H groups in total. The van der Waals surface area contributed by atoms with Crippen LogP contribution in [0, 0.1) is 29.1 Å². The normalized spacial score (nSPS) is 44.5. The minimum atomic E-state index is 0.551. The monoisotopic (exact) mass is 310 g/mol. The zero-order valence-corrected chi connectivity index (χ0v) is 15.2. The van der Waals surface area contributed by atoms with Gasteiger partial charge in [-0.05, 0) is 86.9 Å². The average Bonchev–Trinajstić information content (AvgIpc) is 2.89. The molecular weight excluding hydrogens is 276 g/mol. The van der Waals surface area contributed by atoms with E-state index in [0.29, 0.717) is 5.41 Å². The van der Waals surface area contributed by atoms with Crippen molar-refractivity contribution in [3.05, 3.63) is 35.5 Å². The Kier molecular flexibility index (Phi) is 4.06. The fraction of sp³-hybridized carbons (Fsp3) is 0.739. The molecular formula is C23H34. The van der Waals surface area contributed by atoms with Gasteiger partial charge in [-0.3, -0.25) is 0 Å². The van der Waals surface area contributed by atoms with Gasteiger partial charge in [-0.2, -0.15) is 0 Å². The summed E-state index contributed by atoms with van der Waals surface area (Å²) in [6.07, 6.45) is 19.0. The highest BCUT2D eigenvalue weighted by Gasteiger charge is 2.53. The first kappa shape index (κ1) is 15.7. The Morgan fingerprint density at radius 3 is 2.83 bits per heavy atom. The summed E-state index contributed by atoms with van der Waals surface area (Å²) in [5.41, 5.74) is 5.54. The summed E-state index contributed by atoms with van der Waals surface area (Å²) >= 11 is 0. The SMILES string of the molecule is C=C1C=C2CCC3C(CCC4(C)/C(=C\CCC)CCC34)C2CC1. The predicted molar refractivity (Wildman–Crippen MR) is 99.2 cm³/mol. The molecule has 3 fully saturated rings. The summed E-state index contributed by atoms with van der Waals surface area (Å²) in [6.45, 7) is 9.16. The predicted octanol–water partition coefficient (Wildman–Crippen LogP) is 6.84. The molecule has 0 heterocycles. The Bertz CT molecular complexity index is 548. The quantitative estimate of drug-likeness (QED) is 0.490. The van der Waals surface area contributed by atoms with Gasteiger partial charge in [0.2, 0.25) is 0 Å². The molecule has 4 rings (SSSR count). The third-order valence-electron chi connectivity index (χ3n) is 7.95. The van der Waals surface area contributed by atoms with Crippen molar-refractivity contribution in [3.8, 4) is 0 Å². The largest absolute Gasteiger partial charge is 0.0958 e. The first-order chi connectivity index (χ1) is 11.1. The van der Waals surface area contributed by atoms with Gasteiger partial charge in [0.05, 0.1) is 0 Å². The van der Waals surface area contributed by atoms with E-state index in [0.717, 1.165) is 23.7 Å². The molecule has 0 aromatic heterocycles. The lowest BCUT2D eigenvalue weighted by molar-refractivity contribution is 0.0141. The van der Waals surface area contributed by atoms with Gasteiger partial charge in [0, 0.05) is 0 Å². The minimum Gasteiger partial charge on any atom is -0.0958 e. The Morgan fingerprint density at radius 2 is 2.00 bits per heavy atom. The van der Waals surface area contributed by atoms with Crippen LogP contribution in [0.2, 0.25) is 0 Å². The summed E-state index contributed by atoms with van der Waals surface area (Å²) in [6, 6.07) is 0. The van der Waals surface area contributed by atoms with E-state index in [2.05, 4.69) is 32.6 Å². The molecule has 0 aromatic carbocycles. The van der Waals surface area contributed by atoms with Crippen LogP contribution in [-0.2, 0) is 0 Å². The van der Waals surface area contributed by atoms with E-state index < -0.39 is 0 Å². The van der Waals surface area contributed by atoms with Gasteiger partial charge in [-0.1, -0.05) is 55.7 Å². The number of hydrogen-bond acceptors (Lipinski definition) is 0. The van der Waals surface area contributed by atoms with Crippen LogP contribution < -0.4 is 0 Å². The van der Waals surface area contributed by atoms with Crippen molar-refractivity contribution < 1.29 is 0 Å². The molecule has 4 aliphatic rings. The van der Waals surface area contributed by atoms with Crippen molar-refractivity contribution in [3.63, 3.8) is 0 Å². The number of fused-ring (bicyclic) bond motifs is 5. The first-order valence-corrected chi connectivity index (χ1v) is 10.2. The molecule has 0 saturated heterocycles. The second-order valence-electron chi connectivity index (χ2n) is 9.01. The number of unbranched alkanes of at least 4 members (excludes halogenated alkanes) is 1. The Hall–Kier alpha value is -0.780. The van der Waals surface area contributed by atoms with Crippen molar-refractivity contribution in [2.24, 2.45) is 29.1 Å². The van der Waals surface area contributed by atoms with E-state index in [1.807, 2.05) is 5.57 Å². The van der Waals surface area contributed by atoms with Crippen LogP contribution in [0.4, 0.5) is 0 Å². The lowest BCUT2D eigenvalue weighted by atomic mass is 9.52. The molecule has 0 bridgehead atoms. The number of rotatable bonds is 2. The van der Waals surface area contributed by atoms with Crippen LogP contribution in [0.25, 0.3) is 0 Å². The maximum absolute atomic E-state index is 4.23. The van der Waals surface area contributed by atoms with Gasteiger partial charge < -0.3 is 0 Å². The summed E-state index contributed by atoms with van der Waals surface area (Å²) in [4.78, 5) is 0. The first-order valence-electron chi connectivity index (χ1n) is 10.2. The van der Waals surface area contributed by atoms with Gasteiger partial charge in [-0.25, -0.2) is 0 Å². The molecule has 0 nitrogen and oxygen atoms in total. The standard InChI is InChI=1S/C23H34/c1-4-5-6-18-9-12-22-21-11-8-17-15-16(2)7-10-19(17)20(21)13-14-23(18,22)3/h6,15,19-22H,2,4-5,7-14H2,1,3H3/b18-6-. The van der Waals surface area contributed by atoms with Crippen molar-refractivity contribution in [1.29, 1.82) is 0 Å². The lowest BCUT2D eigenvalue weighted by Crippen LogP contribution is -2.44. The molecule has 126 valence electrons. The van der Waals surface area contributed by atoms with Crippen molar-refractivity contribution in [2.75, 3.05) is 0 Å². The number of hydrogen-bond donors (Lipinski definition) is 0. The van der Waals surface area contributed by atoms with Gasteiger partial charge in [0.15, 0.2) is 0 Å². The molecule has 3 saturated carbocycles. The molecule has 0 aromatic rings. The Morgan fingerprint density at radius 1 is 1.13 bits per heavy atom. The van der Waals surface area contributed by atoms with E-state index in [9.17, 15) is 0 Å². The lowest BCUT2D eigenvalue weighted by Gasteiger charge is -2.53. The molecule has 0 heteroatoms. The van der Waals surface area contributed by atoms with E-state index in [1.165, 1.54) is 69.8 Å². The highest BCUT2D eigenvalue weighted by molar-refractivity contribution is 5.31. The van der Waals surface area contributed by atoms with E-state index >= 15 is 0 Å². The number of allylic oxidation sites excluding steroid dienone is 5. The van der Waals surface area contributed by atoms with Gasteiger partial charge in [-0.15, -0.1) is 0 Å². The average molecular weight is 311 g/mol. The third kappa shape index (κ3) is 2.48. The zero-order valence-electron chi connectivity index (χ0n) is 15.2. The molecule has 0 aliphatic heterocycles. The second kappa shape index (κ2) is 5.94. The Labute approximate surface area is 143 Å². The van der Waals surface area contributed by atoms with Crippen LogP contribution in [-0.4, -0.2) is 0 Å². The van der Waals surface area contributed by atoms with Crippen molar-refractivity contribution in [1.82, 2.24) is 0 Å². The van der Waals surface area contributed by atoms with Crippen LogP contribution in [0.1, 0.15) is 78.1 Å². The van der Waals surface area contributed by atoms with Crippen molar-refractivity contribution >= 4 is 0 Å². The minimum absolute atomic E-state index is 0.551. The fourth-order valence-corrected chi connectivity index (χ4v) is 6.78. The van der Waals surface area contributed by atoms with Gasteiger partial charge >= 0.3 is 0 Å². The molecule has 23 heavy (non-hydrogen) atoms. The summed E-state index contributed by atoms with van der Waals surface area (Å²) in [5.74, 6) is 3.89. The van der Waals surface area contributed by atoms with E-state index in [4.69, 9.17) is 0 Å².